The minimum atomic E-state index is -0.489. The summed E-state index contributed by atoms with van der Waals surface area (Å²) in [6.07, 6.45) is -0.431. The molecule has 0 spiro atoms. The lowest BCUT2D eigenvalue weighted by atomic mass is 10.1. The van der Waals surface area contributed by atoms with E-state index in [2.05, 4.69) is 27.3 Å². The summed E-state index contributed by atoms with van der Waals surface area (Å²) in [5.74, 6) is 0.779. The van der Waals surface area contributed by atoms with Gasteiger partial charge in [0.15, 0.2) is 0 Å². The monoisotopic (exact) mass is 365 g/mol. The van der Waals surface area contributed by atoms with Crippen LogP contribution in [0.15, 0.2) is 40.9 Å². The summed E-state index contributed by atoms with van der Waals surface area (Å²) in [5, 5.41) is 4.92. The van der Waals surface area contributed by atoms with E-state index in [1.807, 2.05) is 51.1 Å². The summed E-state index contributed by atoms with van der Waals surface area (Å²) in [6.45, 7) is 6.28. The highest BCUT2D eigenvalue weighted by Crippen LogP contribution is 2.24. The Morgan fingerprint density at radius 1 is 1.14 bits per heavy atom. The van der Waals surface area contributed by atoms with Gasteiger partial charge < -0.3 is 14.8 Å². The van der Waals surface area contributed by atoms with Crippen molar-refractivity contribution in [2.75, 3.05) is 13.2 Å². The van der Waals surface area contributed by atoms with Gasteiger partial charge in [0.25, 0.3) is 0 Å². The number of halogens is 1. The van der Waals surface area contributed by atoms with Crippen molar-refractivity contribution in [3.8, 4) is 5.75 Å². The third-order valence-electron chi connectivity index (χ3n) is 2.81. The zero-order chi connectivity index (χ0) is 16.2. The second-order valence-corrected chi connectivity index (χ2v) is 6.85. The lowest BCUT2D eigenvalue weighted by Crippen LogP contribution is -2.34. The molecule has 1 amide bonds. The molecule has 0 aliphatic heterocycles. The van der Waals surface area contributed by atoms with Gasteiger partial charge in [0.2, 0.25) is 0 Å². The fraction of sp³-hybridized carbons (Fsp3) is 0.353. The summed E-state index contributed by atoms with van der Waals surface area (Å²) in [5.41, 5.74) is -0.489. The lowest BCUT2D eigenvalue weighted by molar-refractivity contribution is 0.0520. The number of hydrogen-bond acceptors (Lipinski definition) is 3. The van der Waals surface area contributed by atoms with Gasteiger partial charge in [-0.3, -0.25) is 0 Å². The molecule has 0 bridgehead atoms. The van der Waals surface area contributed by atoms with Crippen molar-refractivity contribution in [2.45, 2.75) is 26.4 Å². The van der Waals surface area contributed by atoms with Crippen LogP contribution in [0.4, 0.5) is 4.79 Å². The molecule has 0 unspecified atom stereocenters. The maximum atomic E-state index is 11.5. The summed E-state index contributed by atoms with van der Waals surface area (Å²) in [4.78, 5) is 11.5. The van der Waals surface area contributed by atoms with E-state index in [0.717, 1.165) is 21.0 Å². The number of ether oxygens (including phenoxy) is 2. The molecule has 0 aromatic heterocycles. The van der Waals surface area contributed by atoms with E-state index >= 15 is 0 Å². The fourth-order valence-electron chi connectivity index (χ4n) is 1.92. The molecule has 0 fully saturated rings. The highest BCUT2D eigenvalue weighted by molar-refractivity contribution is 9.10. The number of alkyl carbamates (subject to hydrolysis) is 1. The fourth-order valence-corrected chi connectivity index (χ4v) is 2.30. The van der Waals surface area contributed by atoms with Crippen LogP contribution in [0.2, 0.25) is 0 Å². The van der Waals surface area contributed by atoms with Gasteiger partial charge in [-0.2, -0.15) is 0 Å². The van der Waals surface area contributed by atoms with E-state index in [1.54, 1.807) is 0 Å². The molecule has 0 saturated carbocycles. The van der Waals surface area contributed by atoms with Gasteiger partial charge in [0, 0.05) is 4.47 Å². The van der Waals surface area contributed by atoms with Gasteiger partial charge in [0.1, 0.15) is 18.0 Å². The number of amides is 1. The Kier molecular flexibility index (Phi) is 5.29. The minimum Gasteiger partial charge on any atom is -0.492 e. The van der Waals surface area contributed by atoms with Crippen LogP contribution in [0.25, 0.3) is 10.8 Å². The maximum absolute atomic E-state index is 11.5. The average Bonchev–Trinajstić information content (AvgIpc) is 2.41. The van der Waals surface area contributed by atoms with Crippen LogP contribution >= 0.6 is 15.9 Å². The summed E-state index contributed by atoms with van der Waals surface area (Å²) in [7, 11) is 0. The van der Waals surface area contributed by atoms with Crippen molar-refractivity contribution in [3.63, 3.8) is 0 Å². The zero-order valence-corrected chi connectivity index (χ0v) is 14.6. The van der Waals surface area contributed by atoms with Gasteiger partial charge in [-0.25, -0.2) is 4.79 Å². The van der Waals surface area contributed by atoms with Crippen molar-refractivity contribution in [1.82, 2.24) is 5.32 Å². The van der Waals surface area contributed by atoms with Crippen molar-refractivity contribution >= 4 is 32.8 Å². The number of nitrogens with one attached hydrogen (secondary N) is 1. The predicted octanol–water partition coefficient (Wildman–Crippen LogP) is 4.51. The van der Waals surface area contributed by atoms with E-state index in [1.165, 1.54) is 0 Å². The molecule has 0 heterocycles. The Morgan fingerprint density at radius 2 is 1.82 bits per heavy atom. The predicted molar refractivity (Wildman–Crippen MR) is 91.4 cm³/mol. The topological polar surface area (TPSA) is 47.6 Å². The molecule has 4 nitrogen and oxygen atoms in total. The van der Waals surface area contributed by atoms with Gasteiger partial charge >= 0.3 is 6.09 Å². The molecule has 0 saturated heterocycles. The highest BCUT2D eigenvalue weighted by atomic mass is 79.9. The molecule has 2 aromatic rings. The third-order valence-corrected chi connectivity index (χ3v) is 3.31. The van der Waals surface area contributed by atoms with Gasteiger partial charge in [-0.15, -0.1) is 0 Å². The number of rotatable bonds is 4. The molecule has 0 aliphatic carbocycles. The highest BCUT2D eigenvalue weighted by Gasteiger charge is 2.15. The third kappa shape index (κ3) is 5.22. The van der Waals surface area contributed by atoms with Crippen molar-refractivity contribution in [3.05, 3.63) is 40.9 Å². The molecular formula is C17H20BrNO3. The molecule has 118 valence electrons. The van der Waals surface area contributed by atoms with Crippen LogP contribution in [-0.2, 0) is 4.74 Å². The Balaban J connectivity index is 1.82. The van der Waals surface area contributed by atoms with E-state index in [9.17, 15) is 4.79 Å². The zero-order valence-electron chi connectivity index (χ0n) is 13.0. The first kappa shape index (κ1) is 16.6. The van der Waals surface area contributed by atoms with Gasteiger partial charge in [0.05, 0.1) is 6.54 Å². The van der Waals surface area contributed by atoms with Crippen LogP contribution in [0.5, 0.6) is 5.75 Å². The second-order valence-electron chi connectivity index (χ2n) is 5.93. The number of carbonyl (C=O) groups excluding carboxylic acids is 1. The molecule has 22 heavy (non-hydrogen) atoms. The Labute approximate surface area is 138 Å². The van der Waals surface area contributed by atoms with Crippen molar-refractivity contribution < 1.29 is 14.3 Å². The SMILES string of the molecule is CC(C)(C)OC(=O)NCCOc1ccc2cc(Br)ccc2c1. The molecule has 2 rings (SSSR count). The lowest BCUT2D eigenvalue weighted by Gasteiger charge is -2.19. The van der Waals surface area contributed by atoms with Gasteiger partial charge in [-0.1, -0.05) is 28.1 Å². The number of fused-ring (bicyclic) bond motifs is 1. The number of benzene rings is 2. The molecule has 0 aliphatic rings. The molecule has 0 atom stereocenters. The van der Waals surface area contributed by atoms with Crippen molar-refractivity contribution in [1.29, 1.82) is 0 Å². The van der Waals surface area contributed by atoms with Gasteiger partial charge in [-0.05, 0) is 55.8 Å². The first-order valence-electron chi connectivity index (χ1n) is 7.12. The Bertz CT molecular complexity index is 664. The molecule has 5 heteroatoms. The van der Waals surface area contributed by atoms with E-state index in [-0.39, 0.29) is 0 Å². The average molecular weight is 366 g/mol. The molecule has 2 aromatic carbocycles. The molecule has 0 radical (unpaired) electrons. The summed E-state index contributed by atoms with van der Waals surface area (Å²) >= 11 is 3.45. The minimum absolute atomic E-state index is 0.390. The van der Waals surface area contributed by atoms with E-state index in [4.69, 9.17) is 9.47 Å². The second kappa shape index (κ2) is 7.01. The molecule has 1 N–H and O–H groups in total. The number of hydrogen-bond donors (Lipinski definition) is 1. The smallest absolute Gasteiger partial charge is 0.407 e. The quantitative estimate of drug-likeness (QED) is 0.811. The first-order valence-corrected chi connectivity index (χ1v) is 7.92. The first-order chi connectivity index (χ1) is 10.3. The standard InChI is InChI=1S/C17H20BrNO3/c1-17(2,3)22-16(20)19-8-9-21-15-7-5-12-10-14(18)6-4-13(12)11-15/h4-7,10-11H,8-9H2,1-3H3,(H,19,20). The largest absolute Gasteiger partial charge is 0.492 e. The van der Waals surface area contributed by atoms with Crippen LogP contribution in [0.1, 0.15) is 20.8 Å². The van der Waals surface area contributed by atoms with Crippen LogP contribution in [0, 0.1) is 0 Å². The van der Waals surface area contributed by atoms with Crippen molar-refractivity contribution in [2.24, 2.45) is 0 Å². The summed E-state index contributed by atoms with van der Waals surface area (Å²) in [6, 6.07) is 12.0. The normalized spacial score (nSPS) is 11.3. The van der Waals surface area contributed by atoms with Crippen LogP contribution in [0.3, 0.4) is 0 Å². The maximum Gasteiger partial charge on any atom is 0.407 e. The summed E-state index contributed by atoms with van der Waals surface area (Å²) < 4.78 is 11.8. The Hall–Kier alpha value is -1.75. The van der Waals surface area contributed by atoms with E-state index in [0.29, 0.717) is 13.2 Å². The van der Waals surface area contributed by atoms with Crippen LogP contribution < -0.4 is 10.1 Å². The van der Waals surface area contributed by atoms with E-state index < -0.39 is 11.7 Å². The Morgan fingerprint density at radius 3 is 2.55 bits per heavy atom. The number of carbonyl (C=O) groups is 1. The molecular weight excluding hydrogens is 346 g/mol. The van der Waals surface area contributed by atoms with Crippen LogP contribution in [-0.4, -0.2) is 24.8 Å².